The summed E-state index contributed by atoms with van der Waals surface area (Å²) in [4.78, 5) is 33.9. The molecule has 1 N–H and O–H groups in total. The normalized spacial score (nSPS) is 11.9. The molecule has 7 nitrogen and oxygen atoms in total. The lowest BCUT2D eigenvalue weighted by Gasteiger charge is -2.14. The van der Waals surface area contributed by atoms with Crippen LogP contribution in [0.3, 0.4) is 0 Å². The van der Waals surface area contributed by atoms with Crippen LogP contribution in [0.5, 0.6) is 0 Å². The number of nitro groups is 1. The number of ether oxygens (including phenoxy) is 1. The molecular weight excluding hydrogens is 320 g/mol. The zero-order valence-corrected chi connectivity index (χ0v) is 13.7. The van der Waals surface area contributed by atoms with Gasteiger partial charge in [0, 0.05) is 12.1 Å². The Bertz CT molecular complexity index is 603. The molecule has 0 fully saturated rings. The van der Waals surface area contributed by atoms with Crippen molar-refractivity contribution in [3.63, 3.8) is 0 Å². The maximum absolute atomic E-state index is 11.9. The fraction of sp³-hybridized carbons (Fsp3) is 0.333. The Morgan fingerprint density at radius 3 is 2.74 bits per heavy atom. The van der Waals surface area contributed by atoms with Crippen molar-refractivity contribution in [3.05, 3.63) is 46.0 Å². The fourth-order valence-corrected chi connectivity index (χ4v) is 2.28. The number of hydrogen-bond acceptors (Lipinski definition) is 6. The van der Waals surface area contributed by atoms with Crippen molar-refractivity contribution in [1.82, 2.24) is 5.32 Å². The number of para-hydroxylation sites is 1. The fourth-order valence-electron chi connectivity index (χ4n) is 1.81. The van der Waals surface area contributed by atoms with Crippen LogP contribution in [0.2, 0.25) is 0 Å². The number of benzene rings is 1. The van der Waals surface area contributed by atoms with Gasteiger partial charge in [-0.25, -0.2) is 4.79 Å². The van der Waals surface area contributed by atoms with Gasteiger partial charge in [0.25, 0.3) is 5.69 Å². The van der Waals surface area contributed by atoms with E-state index in [2.05, 4.69) is 10.1 Å². The highest BCUT2D eigenvalue weighted by molar-refractivity contribution is 7.98. The minimum Gasteiger partial charge on any atom is -0.467 e. The summed E-state index contributed by atoms with van der Waals surface area (Å²) >= 11 is 1.55. The van der Waals surface area contributed by atoms with Gasteiger partial charge in [-0.05, 0) is 30.6 Å². The third kappa shape index (κ3) is 6.11. The molecule has 8 heteroatoms. The molecule has 1 rings (SSSR count). The van der Waals surface area contributed by atoms with Gasteiger partial charge in [-0.1, -0.05) is 12.1 Å². The summed E-state index contributed by atoms with van der Waals surface area (Å²) in [5.74, 6) is -0.348. The van der Waals surface area contributed by atoms with Crippen molar-refractivity contribution in [3.8, 4) is 0 Å². The van der Waals surface area contributed by atoms with Crippen molar-refractivity contribution in [1.29, 1.82) is 0 Å². The third-order valence-electron chi connectivity index (χ3n) is 2.96. The Labute approximate surface area is 138 Å². The van der Waals surface area contributed by atoms with E-state index in [0.29, 0.717) is 17.7 Å². The predicted molar refractivity (Wildman–Crippen MR) is 89.1 cm³/mol. The molecule has 0 bridgehead atoms. The molecule has 0 radical (unpaired) electrons. The Kier molecular flexibility index (Phi) is 7.82. The predicted octanol–water partition coefficient (Wildman–Crippen LogP) is 2.02. The molecule has 0 aromatic heterocycles. The topological polar surface area (TPSA) is 98.5 Å². The lowest BCUT2D eigenvalue weighted by molar-refractivity contribution is -0.385. The lowest BCUT2D eigenvalue weighted by atomic mass is 10.1. The van der Waals surface area contributed by atoms with Gasteiger partial charge >= 0.3 is 5.97 Å². The first-order valence-corrected chi connectivity index (χ1v) is 8.17. The number of carbonyl (C=O) groups is 2. The first-order valence-electron chi connectivity index (χ1n) is 6.78. The second kappa shape index (κ2) is 9.62. The van der Waals surface area contributed by atoms with Gasteiger partial charge in [0.1, 0.15) is 6.04 Å². The van der Waals surface area contributed by atoms with Crippen LogP contribution < -0.4 is 5.32 Å². The number of thioether (sulfide) groups is 1. The van der Waals surface area contributed by atoms with Gasteiger partial charge in [-0.3, -0.25) is 14.9 Å². The molecule has 0 spiro atoms. The molecule has 0 aliphatic carbocycles. The number of amides is 1. The zero-order chi connectivity index (χ0) is 17.2. The van der Waals surface area contributed by atoms with Crippen LogP contribution in [0.25, 0.3) is 6.08 Å². The van der Waals surface area contributed by atoms with Crippen LogP contribution in [-0.4, -0.2) is 42.0 Å². The summed E-state index contributed by atoms with van der Waals surface area (Å²) in [6.07, 6.45) is 4.84. The number of nitrogens with zero attached hydrogens (tertiary/aromatic N) is 1. The van der Waals surface area contributed by atoms with E-state index in [-0.39, 0.29) is 5.69 Å². The lowest BCUT2D eigenvalue weighted by Crippen LogP contribution is -2.41. The first kappa shape index (κ1) is 18.7. The maximum Gasteiger partial charge on any atom is 0.328 e. The van der Waals surface area contributed by atoms with Crippen LogP contribution in [0.15, 0.2) is 30.3 Å². The molecule has 124 valence electrons. The molecule has 0 saturated carbocycles. The third-order valence-corrected chi connectivity index (χ3v) is 3.60. The number of rotatable bonds is 8. The van der Waals surface area contributed by atoms with Crippen LogP contribution >= 0.6 is 11.8 Å². The quantitative estimate of drug-likeness (QED) is 0.337. The van der Waals surface area contributed by atoms with Crippen LogP contribution in [0.1, 0.15) is 12.0 Å². The highest BCUT2D eigenvalue weighted by atomic mass is 32.2. The highest BCUT2D eigenvalue weighted by Crippen LogP contribution is 2.18. The number of carbonyl (C=O) groups excluding carboxylic acids is 2. The van der Waals surface area contributed by atoms with E-state index in [1.54, 1.807) is 23.9 Å². The summed E-state index contributed by atoms with van der Waals surface area (Å²) in [5, 5.41) is 13.4. The maximum atomic E-state index is 11.9. The number of hydrogen-bond donors (Lipinski definition) is 1. The largest absolute Gasteiger partial charge is 0.467 e. The SMILES string of the molecule is COC(=O)[C@H](CCSC)NC(=O)/C=C/c1ccccc1[N+](=O)[O-]. The number of nitro benzene ring substituents is 1. The number of nitrogens with one attached hydrogen (secondary N) is 1. The van der Waals surface area contributed by atoms with Gasteiger partial charge < -0.3 is 10.1 Å². The van der Waals surface area contributed by atoms with Crippen molar-refractivity contribution in [2.45, 2.75) is 12.5 Å². The van der Waals surface area contributed by atoms with Crippen LogP contribution in [-0.2, 0) is 14.3 Å². The summed E-state index contributed by atoms with van der Waals surface area (Å²) in [5.41, 5.74) is 0.217. The van der Waals surface area contributed by atoms with Gasteiger partial charge in [0.2, 0.25) is 5.91 Å². The molecule has 23 heavy (non-hydrogen) atoms. The molecule has 0 heterocycles. The van der Waals surface area contributed by atoms with Crippen LogP contribution in [0.4, 0.5) is 5.69 Å². The van der Waals surface area contributed by atoms with E-state index < -0.39 is 22.8 Å². The molecule has 0 aliphatic rings. The van der Waals surface area contributed by atoms with Gasteiger partial charge in [-0.2, -0.15) is 11.8 Å². The average Bonchev–Trinajstić information content (AvgIpc) is 2.56. The van der Waals surface area contributed by atoms with Crippen LogP contribution in [0, 0.1) is 10.1 Å². The summed E-state index contributed by atoms with van der Waals surface area (Å²) in [6.45, 7) is 0. The summed E-state index contributed by atoms with van der Waals surface area (Å²) in [7, 11) is 1.25. The zero-order valence-electron chi connectivity index (χ0n) is 12.9. The second-order valence-corrected chi connectivity index (χ2v) is 5.50. The molecule has 1 atom stereocenters. The Morgan fingerprint density at radius 1 is 1.43 bits per heavy atom. The van der Waals surface area contributed by atoms with Crippen molar-refractivity contribution in [2.24, 2.45) is 0 Å². The van der Waals surface area contributed by atoms with Crippen molar-refractivity contribution in [2.75, 3.05) is 19.1 Å². The molecule has 1 amide bonds. The molecule has 0 unspecified atom stereocenters. The van der Waals surface area contributed by atoms with Gasteiger partial charge in [0.05, 0.1) is 17.6 Å². The monoisotopic (exact) mass is 338 g/mol. The molecule has 1 aromatic rings. The van der Waals surface area contributed by atoms with E-state index in [1.807, 2.05) is 6.26 Å². The Hall–Kier alpha value is -2.35. The average molecular weight is 338 g/mol. The number of esters is 1. The molecule has 1 aromatic carbocycles. The molecule has 0 aliphatic heterocycles. The standard InChI is InChI=1S/C15H18N2O5S/c1-22-15(19)12(9-10-23-2)16-14(18)8-7-11-5-3-4-6-13(11)17(20)21/h3-8,12H,9-10H2,1-2H3,(H,16,18)/b8-7+/t12-/m0/s1. The Morgan fingerprint density at radius 2 is 2.13 bits per heavy atom. The van der Waals surface area contributed by atoms with E-state index in [9.17, 15) is 19.7 Å². The Balaban J connectivity index is 2.78. The van der Waals surface area contributed by atoms with Gasteiger partial charge in [-0.15, -0.1) is 0 Å². The minimum atomic E-state index is -0.740. The van der Waals surface area contributed by atoms with E-state index in [4.69, 9.17) is 0 Å². The first-order chi connectivity index (χ1) is 11.0. The second-order valence-electron chi connectivity index (χ2n) is 4.52. The van der Waals surface area contributed by atoms with Gasteiger partial charge in [0.15, 0.2) is 0 Å². The van der Waals surface area contributed by atoms with Crippen molar-refractivity contribution >= 4 is 35.4 Å². The van der Waals surface area contributed by atoms with E-state index >= 15 is 0 Å². The highest BCUT2D eigenvalue weighted by Gasteiger charge is 2.20. The molecule has 0 saturated heterocycles. The number of methoxy groups -OCH3 is 1. The summed E-state index contributed by atoms with van der Waals surface area (Å²) < 4.78 is 4.65. The summed E-state index contributed by atoms with van der Waals surface area (Å²) in [6, 6.07) is 5.34. The van der Waals surface area contributed by atoms with Crippen molar-refractivity contribution < 1.29 is 19.2 Å². The van der Waals surface area contributed by atoms with E-state index in [1.165, 1.54) is 25.3 Å². The molecular formula is C15H18N2O5S. The van der Waals surface area contributed by atoms with E-state index in [0.717, 1.165) is 6.08 Å². The minimum absolute atomic E-state index is 0.0940. The smallest absolute Gasteiger partial charge is 0.328 e.